The molecule has 0 spiro atoms. The van der Waals surface area contributed by atoms with Crippen LogP contribution < -0.4 is 9.47 Å². The molecule has 0 aliphatic carbocycles. The first kappa shape index (κ1) is 14.6. The number of fused-ring (bicyclic) bond motifs is 1. The smallest absolute Gasteiger partial charge is 0.437 e. The normalized spacial score (nSPS) is 10.0. The summed E-state index contributed by atoms with van der Waals surface area (Å²) in [6.45, 7) is 5.13. The molecule has 0 aliphatic rings. The van der Waals surface area contributed by atoms with Crippen LogP contribution in [0.5, 0.6) is 11.5 Å². The minimum absolute atomic E-state index is 0.341. The van der Waals surface area contributed by atoms with E-state index in [9.17, 15) is 9.59 Å². The van der Waals surface area contributed by atoms with Gasteiger partial charge in [-0.05, 0) is 18.6 Å². The first-order valence-electron chi connectivity index (χ1n) is 6.19. The van der Waals surface area contributed by atoms with Crippen LogP contribution in [-0.2, 0) is 9.53 Å². The van der Waals surface area contributed by atoms with Crippen molar-refractivity contribution < 1.29 is 23.8 Å². The number of carbonyl (C=O) groups excluding carboxylic acids is 2. The lowest BCUT2D eigenvalue weighted by Gasteiger charge is -2.13. The number of esters is 1. The van der Waals surface area contributed by atoms with E-state index in [1.165, 1.54) is 7.11 Å². The van der Waals surface area contributed by atoms with E-state index in [1.807, 2.05) is 0 Å². The molecule has 0 amide bonds. The summed E-state index contributed by atoms with van der Waals surface area (Å²) in [5.41, 5.74) is 0.655. The van der Waals surface area contributed by atoms with Gasteiger partial charge in [-0.2, -0.15) is 0 Å². The molecule has 0 aromatic heterocycles. The van der Waals surface area contributed by atoms with Crippen LogP contribution in [0.2, 0.25) is 0 Å². The summed E-state index contributed by atoms with van der Waals surface area (Å²) in [5, 5.41) is 1.30. The van der Waals surface area contributed by atoms with Gasteiger partial charge < -0.3 is 14.2 Å². The van der Waals surface area contributed by atoms with Gasteiger partial charge in [-0.15, -0.1) is 0 Å². The Kier molecular flexibility index (Phi) is 4.23. The average Bonchev–Trinajstić information content (AvgIpc) is 2.50. The predicted octanol–water partition coefficient (Wildman–Crippen LogP) is 3.38. The van der Waals surface area contributed by atoms with Crippen LogP contribution in [0.3, 0.4) is 0 Å². The summed E-state index contributed by atoms with van der Waals surface area (Å²) in [5.74, 6) is 0.200. The second-order valence-electron chi connectivity index (χ2n) is 4.25. The molecule has 2 aromatic rings. The monoisotopic (exact) mass is 286 g/mol. The highest BCUT2D eigenvalue weighted by Crippen LogP contribution is 2.36. The van der Waals surface area contributed by atoms with Crippen molar-refractivity contribution in [3.05, 3.63) is 48.6 Å². The highest BCUT2D eigenvalue weighted by Gasteiger charge is 2.15. The Labute approximate surface area is 121 Å². The summed E-state index contributed by atoms with van der Waals surface area (Å²) in [7, 11) is 1.23. The molecule has 0 unspecified atom stereocenters. The van der Waals surface area contributed by atoms with Crippen LogP contribution in [0, 0.1) is 6.92 Å². The Balaban J connectivity index is 2.60. The topological polar surface area (TPSA) is 61.8 Å². The Hall–Kier alpha value is -2.82. The van der Waals surface area contributed by atoms with E-state index in [0.717, 1.165) is 6.08 Å². The van der Waals surface area contributed by atoms with Crippen LogP contribution >= 0.6 is 0 Å². The number of rotatable bonds is 3. The van der Waals surface area contributed by atoms with E-state index in [4.69, 9.17) is 9.47 Å². The van der Waals surface area contributed by atoms with Crippen LogP contribution in [-0.4, -0.2) is 19.2 Å². The number of hydrogen-bond acceptors (Lipinski definition) is 5. The number of ether oxygens (including phenoxy) is 3. The molecule has 5 nitrogen and oxygen atoms in total. The maximum Gasteiger partial charge on any atom is 0.513 e. The molecule has 0 saturated heterocycles. The highest BCUT2D eigenvalue weighted by atomic mass is 16.7. The van der Waals surface area contributed by atoms with Crippen molar-refractivity contribution in [1.29, 1.82) is 0 Å². The molecular weight excluding hydrogens is 272 g/mol. The van der Waals surface area contributed by atoms with Crippen molar-refractivity contribution in [2.24, 2.45) is 0 Å². The molecule has 0 bridgehead atoms. The summed E-state index contributed by atoms with van der Waals surface area (Å²) in [6, 6.07) is 8.75. The van der Waals surface area contributed by atoms with Crippen molar-refractivity contribution >= 4 is 22.9 Å². The molecule has 0 radical (unpaired) electrons. The van der Waals surface area contributed by atoms with Crippen molar-refractivity contribution in [1.82, 2.24) is 0 Å². The molecule has 2 aromatic carbocycles. The number of methoxy groups -OCH3 is 1. The first-order valence-corrected chi connectivity index (χ1v) is 6.19. The Morgan fingerprint density at radius 2 is 1.81 bits per heavy atom. The third-order valence-electron chi connectivity index (χ3n) is 2.87. The van der Waals surface area contributed by atoms with E-state index >= 15 is 0 Å². The quantitative estimate of drug-likeness (QED) is 0.374. The third-order valence-corrected chi connectivity index (χ3v) is 2.87. The highest BCUT2D eigenvalue weighted by molar-refractivity contribution is 5.97. The molecule has 0 aliphatic heterocycles. The largest absolute Gasteiger partial charge is 0.513 e. The molecule has 0 N–H and O–H groups in total. The number of benzene rings is 2. The third kappa shape index (κ3) is 3.02. The molecule has 0 heterocycles. The van der Waals surface area contributed by atoms with Gasteiger partial charge in [-0.3, -0.25) is 0 Å². The molecule has 5 heteroatoms. The first-order chi connectivity index (χ1) is 10.1. The Morgan fingerprint density at radius 1 is 1.14 bits per heavy atom. The fraction of sp³-hybridized carbons (Fsp3) is 0.125. The van der Waals surface area contributed by atoms with Gasteiger partial charge in [0.2, 0.25) is 0 Å². The zero-order chi connectivity index (χ0) is 15.4. The van der Waals surface area contributed by atoms with Gasteiger partial charge in [0.1, 0.15) is 11.5 Å². The van der Waals surface area contributed by atoms with Crippen molar-refractivity contribution in [3.63, 3.8) is 0 Å². The number of hydrogen-bond donors (Lipinski definition) is 0. The summed E-state index contributed by atoms with van der Waals surface area (Å²) < 4.78 is 14.9. The van der Waals surface area contributed by atoms with Crippen LogP contribution in [0.4, 0.5) is 4.79 Å². The van der Waals surface area contributed by atoms with Crippen LogP contribution in [0.25, 0.3) is 10.8 Å². The summed E-state index contributed by atoms with van der Waals surface area (Å²) in [4.78, 5) is 22.7. The lowest BCUT2D eigenvalue weighted by Crippen LogP contribution is -2.09. The van der Waals surface area contributed by atoms with E-state index in [1.54, 1.807) is 37.3 Å². The fourth-order valence-corrected chi connectivity index (χ4v) is 1.94. The van der Waals surface area contributed by atoms with Crippen molar-refractivity contribution in [2.45, 2.75) is 6.92 Å². The minimum Gasteiger partial charge on any atom is -0.437 e. The molecule has 21 heavy (non-hydrogen) atoms. The van der Waals surface area contributed by atoms with E-state index in [2.05, 4.69) is 11.3 Å². The van der Waals surface area contributed by atoms with E-state index < -0.39 is 12.1 Å². The predicted molar refractivity (Wildman–Crippen MR) is 77.6 cm³/mol. The van der Waals surface area contributed by atoms with Crippen molar-refractivity contribution in [2.75, 3.05) is 7.11 Å². The molecule has 0 fully saturated rings. The summed E-state index contributed by atoms with van der Waals surface area (Å²) in [6.07, 6.45) is 0.281. The standard InChI is InChI=1S/C16H14O5/c1-4-14(17)21-15-10(2)9-13(20-16(18)19-3)11-7-5-6-8-12(11)15/h4-9H,1H2,2-3H3. The number of carbonyl (C=O) groups is 2. The zero-order valence-electron chi connectivity index (χ0n) is 11.7. The van der Waals surface area contributed by atoms with E-state index in [0.29, 0.717) is 27.8 Å². The molecule has 0 atom stereocenters. The lowest BCUT2D eigenvalue weighted by atomic mass is 10.0. The Bertz CT molecular complexity index is 718. The maximum absolute atomic E-state index is 11.4. The van der Waals surface area contributed by atoms with Gasteiger partial charge in [0.25, 0.3) is 0 Å². The minimum atomic E-state index is -0.810. The van der Waals surface area contributed by atoms with Gasteiger partial charge in [0, 0.05) is 16.8 Å². The maximum atomic E-state index is 11.4. The fourth-order valence-electron chi connectivity index (χ4n) is 1.94. The lowest BCUT2D eigenvalue weighted by molar-refractivity contribution is -0.128. The second kappa shape index (κ2) is 6.09. The SMILES string of the molecule is C=CC(=O)Oc1c(C)cc(OC(=O)OC)c2ccccc12. The van der Waals surface area contributed by atoms with Gasteiger partial charge in [-0.1, -0.05) is 30.8 Å². The molecule has 2 rings (SSSR count). The van der Waals surface area contributed by atoms with Gasteiger partial charge in [0.15, 0.2) is 0 Å². The molecule has 108 valence electrons. The number of aryl methyl sites for hydroxylation is 1. The van der Waals surface area contributed by atoms with Crippen LogP contribution in [0.15, 0.2) is 43.0 Å². The van der Waals surface area contributed by atoms with Gasteiger partial charge in [-0.25, -0.2) is 9.59 Å². The zero-order valence-corrected chi connectivity index (χ0v) is 11.7. The average molecular weight is 286 g/mol. The molecular formula is C16H14O5. The second-order valence-corrected chi connectivity index (χ2v) is 4.25. The van der Waals surface area contributed by atoms with Gasteiger partial charge >= 0.3 is 12.1 Å². The van der Waals surface area contributed by atoms with Crippen molar-refractivity contribution in [3.8, 4) is 11.5 Å². The Morgan fingerprint density at radius 3 is 2.43 bits per heavy atom. The molecule has 0 saturated carbocycles. The summed E-state index contributed by atoms with van der Waals surface area (Å²) >= 11 is 0. The van der Waals surface area contributed by atoms with Gasteiger partial charge in [0.05, 0.1) is 7.11 Å². The van der Waals surface area contributed by atoms with Crippen LogP contribution in [0.1, 0.15) is 5.56 Å². The van der Waals surface area contributed by atoms with E-state index in [-0.39, 0.29) is 0 Å².